The van der Waals surface area contributed by atoms with Gasteiger partial charge >= 0.3 is 0 Å². The van der Waals surface area contributed by atoms with Crippen LogP contribution < -0.4 is 0 Å². The summed E-state index contributed by atoms with van der Waals surface area (Å²) in [5, 5.41) is 0. The predicted molar refractivity (Wildman–Crippen MR) is 82.6 cm³/mol. The van der Waals surface area contributed by atoms with Gasteiger partial charge in [-0.25, -0.2) is 8.78 Å². The molecule has 0 spiro atoms. The Hall–Kier alpha value is -1.49. The molecule has 3 fully saturated rings. The van der Waals surface area contributed by atoms with Crippen molar-refractivity contribution >= 4 is 5.91 Å². The lowest BCUT2D eigenvalue weighted by Gasteiger charge is -2.52. The van der Waals surface area contributed by atoms with Gasteiger partial charge in [-0.05, 0) is 48.8 Å². The van der Waals surface area contributed by atoms with Crippen molar-refractivity contribution in [2.45, 2.75) is 38.3 Å². The number of rotatable bonds is 2. The Labute approximate surface area is 135 Å². The highest BCUT2D eigenvalue weighted by Crippen LogP contribution is 2.38. The van der Waals surface area contributed by atoms with Crippen LogP contribution in [-0.2, 0) is 11.3 Å². The van der Waals surface area contributed by atoms with E-state index in [1.54, 1.807) is 0 Å². The van der Waals surface area contributed by atoms with Crippen molar-refractivity contribution in [2.24, 2.45) is 11.8 Å². The van der Waals surface area contributed by atoms with E-state index in [0.29, 0.717) is 42.3 Å². The Balaban J connectivity index is 1.48. The highest BCUT2D eigenvalue weighted by Gasteiger charge is 2.43. The van der Waals surface area contributed by atoms with Gasteiger partial charge in [-0.3, -0.25) is 9.69 Å². The first-order valence-corrected chi connectivity index (χ1v) is 8.55. The third-order valence-electron chi connectivity index (χ3n) is 5.58. The minimum absolute atomic E-state index is 0.316. The monoisotopic (exact) mass is 320 g/mol. The molecule has 0 radical (unpaired) electrons. The van der Waals surface area contributed by atoms with Gasteiger partial charge in [0.1, 0.15) is 11.6 Å². The van der Waals surface area contributed by atoms with Crippen molar-refractivity contribution in [1.29, 1.82) is 0 Å². The molecule has 1 aromatic carbocycles. The number of benzene rings is 1. The maximum atomic E-state index is 13.4. The lowest BCUT2D eigenvalue weighted by molar-refractivity contribution is -0.145. The first kappa shape index (κ1) is 15.1. The molecule has 2 bridgehead atoms. The highest BCUT2D eigenvalue weighted by molar-refractivity contribution is 5.77. The van der Waals surface area contributed by atoms with Crippen molar-refractivity contribution in [2.75, 3.05) is 19.6 Å². The topological polar surface area (TPSA) is 23.6 Å². The summed E-state index contributed by atoms with van der Waals surface area (Å²) in [6.45, 7) is 3.27. The fraction of sp³-hybridized carbons (Fsp3) is 0.611. The SMILES string of the molecule is O=C1CCC[C@H]2[C@H]3C[C@@H](CN(Cc4cc(F)cc(F)c4)C3)CN12. The van der Waals surface area contributed by atoms with Crippen molar-refractivity contribution < 1.29 is 13.6 Å². The third-order valence-corrected chi connectivity index (χ3v) is 5.58. The molecule has 0 aromatic heterocycles. The largest absolute Gasteiger partial charge is 0.339 e. The van der Waals surface area contributed by atoms with Crippen molar-refractivity contribution in [3.63, 3.8) is 0 Å². The van der Waals surface area contributed by atoms with Gasteiger partial charge < -0.3 is 4.90 Å². The molecule has 3 atom stereocenters. The fourth-order valence-corrected chi connectivity index (χ4v) is 4.80. The van der Waals surface area contributed by atoms with Crippen LogP contribution in [0.25, 0.3) is 0 Å². The van der Waals surface area contributed by atoms with E-state index in [1.807, 2.05) is 0 Å². The Bertz CT molecular complexity index is 601. The molecule has 124 valence electrons. The number of hydrogen-bond donors (Lipinski definition) is 0. The van der Waals surface area contributed by atoms with Crippen molar-refractivity contribution in [3.8, 4) is 0 Å². The predicted octanol–water partition coefficient (Wildman–Crippen LogP) is 2.80. The van der Waals surface area contributed by atoms with E-state index in [0.717, 1.165) is 38.5 Å². The second-order valence-electron chi connectivity index (χ2n) is 7.34. The molecule has 5 heteroatoms. The molecule has 4 rings (SSSR count). The Morgan fingerprint density at radius 2 is 1.87 bits per heavy atom. The molecule has 3 nitrogen and oxygen atoms in total. The van der Waals surface area contributed by atoms with Crippen LogP contribution in [0.1, 0.15) is 31.2 Å². The van der Waals surface area contributed by atoms with E-state index >= 15 is 0 Å². The second kappa shape index (κ2) is 5.86. The van der Waals surface area contributed by atoms with E-state index in [1.165, 1.54) is 18.6 Å². The molecule has 1 aromatic rings. The molecule has 3 aliphatic rings. The summed E-state index contributed by atoms with van der Waals surface area (Å²) in [7, 11) is 0. The van der Waals surface area contributed by atoms with E-state index < -0.39 is 11.6 Å². The average molecular weight is 320 g/mol. The maximum absolute atomic E-state index is 13.4. The molecule has 0 unspecified atom stereocenters. The number of fused-ring (bicyclic) bond motifs is 4. The van der Waals surface area contributed by atoms with Gasteiger partial charge in [-0.15, -0.1) is 0 Å². The minimum Gasteiger partial charge on any atom is -0.339 e. The number of hydrogen-bond acceptors (Lipinski definition) is 2. The molecule has 1 amide bonds. The molecule has 0 N–H and O–H groups in total. The van der Waals surface area contributed by atoms with Gasteiger partial charge in [-0.2, -0.15) is 0 Å². The zero-order valence-corrected chi connectivity index (χ0v) is 13.2. The maximum Gasteiger partial charge on any atom is 0.222 e. The van der Waals surface area contributed by atoms with Crippen molar-refractivity contribution in [1.82, 2.24) is 9.80 Å². The molecular weight excluding hydrogens is 298 g/mol. The zero-order valence-electron chi connectivity index (χ0n) is 13.2. The first-order chi connectivity index (χ1) is 11.1. The third kappa shape index (κ3) is 2.99. The van der Waals surface area contributed by atoms with Crippen LogP contribution in [0.15, 0.2) is 18.2 Å². The van der Waals surface area contributed by atoms with E-state index in [2.05, 4.69) is 9.80 Å². The van der Waals surface area contributed by atoms with E-state index in [9.17, 15) is 13.6 Å². The van der Waals surface area contributed by atoms with Crippen LogP contribution in [0.5, 0.6) is 0 Å². The number of amides is 1. The number of carbonyl (C=O) groups excluding carboxylic acids is 1. The molecule has 23 heavy (non-hydrogen) atoms. The van der Waals surface area contributed by atoms with Crippen LogP contribution in [0.2, 0.25) is 0 Å². The Morgan fingerprint density at radius 3 is 2.65 bits per heavy atom. The van der Waals surface area contributed by atoms with Gasteiger partial charge in [0.2, 0.25) is 5.91 Å². The number of nitrogens with zero attached hydrogens (tertiary/aromatic N) is 2. The summed E-state index contributed by atoms with van der Waals surface area (Å²) in [6.07, 6.45) is 3.98. The number of piperidine rings is 3. The summed E-state index contributed by atoms with van der Waals surface area (Å²) in [5.74, 6) is 0.287. The Kier molecular flexibility index (Phi) is 3.84. The first-order valence-electron chi connectivity index (χ1n) is 8.55. The smallest absolute Gasteiger partial charge is 0.222 e. The van der Waals surface area contributed by atoms with Crippen LogP contribution in [-0.4, -0.2) is 41.4 Å². The number of halogens is 2. The van der Waals surface area contributed by atoms with Crippen molar-refractivity contribution in [3.05, 3.63) is 35.4 Å². The minimum atomic E-state index is -0.513. The lowest BCUT2D eigenvalue weighted by atomic mass is 9.76. The van der Waals surface area contributed by atoms with Crippen LogP contribution in [0, 0.1) is 23.5 Å². The Morgan fingerprint density at radius 1 is 1.09 bits per heavy atom. The molecule has 3 aliphatic heterocycles. The van der Waals surface area contributed by atoms with Crippen LogP contribution >= 0.6 is 0 Å². The summed E-state index contributed by atoms with van der Waals surface area (Å²) >= 11 is 0. The van der Waals surface area contributed by atoms with Gasteiger partial charge in [0.15, 0.2) is 0 Å². The standard InChI is InChI=1S/C18H22F2N2O/c19-15-5-12(6-16(20)7-15)8-21-9-13-4-14(11-21)17-2-1-3-18(23)22(17)10-13/h5-7,13-14,17H,1-4,8-11H2/t13-,14-,17-/m0/s1. The van der Waals surface area contributed by atoms with Gasteiger partial charge in [0.05, 0.1) is 0 Å². The highest BCUT2D eigenvalue weighted by atomic mass is 19.1. The second-order valence-corrected chi connectivity index (χ2v) is 7.34. The van der Waals surface area contributed by atoms with Gasteiger partial charge in [0.25, 0.3) is 0 Å². The molecule has 3 saturated heterocycles. The number of likely N-dealkylation sites (tertiary alicyclic amines) is 1. The number of carbonyl (C=O) groups is 1. The van der Waals surface area contributed by atoms with Gasteiger partial charge in [0, 0.05) is 44.7 Å². The average Bonchev–Trinajstić information content (AvgIpc) is 2.47. The van der Waals surface area contributed by atoms with E-state index in [4.69, 9.17) is 0 Å². The fourth-order valence-electron chi connectivity index (χ4n) is 4.80. The summed E-state index contributed by atoms with van der Waals surface area (Å²) < 4.78 is 26.7. The van der Waals surface area contributed by atoms with Gasteiger partial charge in [-0.1, -0.05) is 0 Å². The summed E-state index contributed by atoms with van der Waals surface area (Å²) in [5.41, 5.74) is 0.694. The molecule has 0 aliphatic carbocycles. The normalized spacial score (nSPS) is 31.1. The van der Waals surface area contributed by atoms with Crippen LogP contribution in [0.3, 0.4) is 0 Å². The summed E-state index contributed by atoms with van der Waals surface area (Å²) in [6, 6.07) is 4.13. The molecular formula is C18H22F2N2O. The summed E-state index contributed by atoms with van der Waals surface area (Å²) in [4.78, 5) is 16.6. The molecule has 0 saturated carbocycles. The quantitative estimate of drug-likeness (QED) is 0.836. The van der Waals surface area contributed by atoms with Crippen LogP contribution in [0.4, 0.5) is 8.78 Å². The van der Waals surface area contributed by atoms with E-state index in [-0.39, 0.29) is 0 Å². The molecule has 3 heterocycles. The zero-order chi connectivity index (χ0) is 16.0. The lowest BCUT2D eigenvalue weighted by Crippen LogP contribution is -2.60.